The second kappa shape index (κ2) is 5.50. The molecule has 3 heterocycles. The van der Waals surface area contributed by atoms with Crippen molar-refractivity contribution in [2.45, 2.75) is 25.3 Å². The average molecular weight is 312 g/mol. The summed E-state index contributed by atoms with van der Waals surface area (Å²) in [6.45, 7) is 0. The van der Waals surface area contributed by atoms with Crippen molar-refractivity contribution in [3.63, 3.8) is 0 Å². The molecule has 3 aromatic heterocycles. The second-order valence-corrected chi connectivity index (χ2v) is 5.82. The summed E-state index contributed by atoms with van der Waals surface area (Å²) >= 11 is 5.84. The largest absolute Gasteiger partial charge is 0.365 e. The van der Waals surface area contributed by atoms with Gasteiger partial charge in [-0.15, -0.1) is 0 Å². The number of anilines is 1. The van der Waals surface area contributed by atoms with Crippen LogP contribution in [-0.4, -0.2) is 26.0 Å². The minimum absolute atomic E-state index is 0.472. The summed E-state index contributed by atoms with van der Waals surface area (Å²) in [5.41, 5.74) is 3.39. The first-order valence-electron chi connectivity index (χ1n) is 7.30. The van der Waals surface area contributed by atoms with Gasteiger partial charge in [-0.3, -0.25) is 0 Å². The Hall–Kier alpha value is -2.27. The van der Waals surface area contributed by atoms with E-state index in [2.05, 4.69) is 20.3 Å². The van der Waals surface area contributed by atoms with Crippen LogP contribution in [0.15, 0.2) is 36.8 Å². The fraction of sp³-hybridized carbons (Fsp3) is 0.250. The number of aromatic nitrogens is 4. The first kappa shape index (κ1) is 13.4. The van der Waals surface area contributed by atoms with Gasteiger partial charge in [0.1, 0.15) is 17.0 Å². The van der Waals surface area contributed by atoms with Gasteiger partial charge in [0.25, 0.3) is 0 Å². The maximum atomic E-state index is 5.84. The van der Waals surface area contributed by atoms with Gasteiger partial charge in [0.2, 0.25) is 0 Å². The Kier molecular flexibility index (Phi) is 3.35. The van der Waals surface area contributed by atoms with Crippen molar-refractivity contribution in [3.05, 3.63) is 41.9 Å². The highest BCUT2D eigenvalue weighted by atomic mass is 35.5. The van der Waals surface area contributed by atoms with Gasteiger partial charge in [0, 0.05) is 17.8 Å². The molecule has 1 saturated carbocycles. The molecule has 0 atom stereocenters. The molecule has 0 amide bonds. The van der Waals surface area contributed by atoms with Crippen molar-refractivity contribution in [2.24, 2.45) is 0 Å². The SMILES string of the molecule is Clc1ccc(-c2ccc3ncnc(NC4CCC4)c3n2)cn1. The van der Waals surface area contributed by atoms with Crippen LogP contribution in [0.25, 0.3) is 22.3 Å². The van der Waals surface area contributed by atoms with Crippen LogP contribution >= 0.6 is 11.6 Å². The maximum absolute atomic E-state index is 5.84. The molecule has 1 fully saturated rings. The van der Waals surface area contributed by atoms with Crippen molar-refractivity contribution in [3.8, 4) is 11.3 Å². The summed E-state index contributed by atoms with van der Waals surface area (Å²) in [5, 5.41) is 3.93. The van der Waals surface area contributed by atoms with Crippen molar-refractivity contribution < 1.29 is 0 Å². The van der Waals surface area contributed by atoms with Crippen LogP contribution < -0.4 is 5.32 Å². The molecular weight excluding hydrogens is 298 g/mol. The monoisotopic (exact) mass is 311 g/mol. The fourth-order valence-corrected chi connectivity index (χ4v) is 2.59. The number of hydrogen-bond acceptors (Lipinski definition) is 5. The minimum atomic E-state index is 0.472. The van der Waals surface area contributed by atoms with E-state index in [1.54, 1.807) is 18.6 Å². The molecule has 0 aliphatic heterocycles. The molecule has 1 aliphatic carbocycles. The Morgan fingerprint density at radius 1 is 1.05 bits per heavy atom. The Bertz CT molecular complexity index is 814. The van der Waals surface area contributed by atoms with Crippen LogP contribution in [0.1, 0.15) is 19.3 Å². The zero-order valence-electron chi connectivity index (χ0n) is 11.8. The second-order valence-electron chi connectivity index (χ2n) is 5.43. The van der Waals surface area contributed by atoms with E-state index < -0.39 is 0 Å². The topological polar surface area (TPSA) is 63.6 Å². The summed E-state index contributed by atoms with van der Waals surface area (Å²) < 4.78 is 0. The Morgan fingerprint density at radius 3 is 2.68 bits per heavy atom. The number of pyridine rings is 2. The van der Waals surface area contributed by atoms with Crippen molar-refractivity contribution in [1.82, 2.24) is 19.9 Å². The molecule has 5 nitrogen and oxygen atoms in total. The lowest BCUT2D eigenvalue weighted by Crippen LogP contribution is -2.27. The molecule has 1 N–H and O–H groups in total. The zero-order chi connectivity index (χ0) is 14.9. The molecule has 0 spiro atoms. The molecule has 0 bridgehead atoms. The first-order valence-corrected chi connectivity index (χ1v) is 7.67. The van der Waals surface area contributed by atoms with E-state index >= 15 is 0 Å². The van der Waals surface area contributed by atoms with E-state index in [1.165, 1.54) is 19.3 Å². The van der Waals surface area contributed by atoms with Gasteiger partial charge in [-0.2, -0.15) is 0 Å². The molecule has 3 aromatic rings. The Morgan fingerprint density at radius 2 is 1.95 bits per heavy atom. The van der Waals surface area contributed by atoms with Crippen LogP contribution in [0.5, 0.6) is 0 Å². The molecule has 4 rings (SSSR count). The van der Waals surface area contributed by atoms with Gasteiger partial charge >= 0.3 is 0 Å². The number of fused-ring (bicyclic) bond motifs is 1. The Labute approximate surface area is 132 Å². The summed E-state index contributed by atoms with van der Waals surface area (Å²) in [7, 11) is 0. The third kappa shape index (κ3) is 2.48. The summed E-state index contributed by atoms with van der Waals surface area (Å²) in [6.07, 6.45) is 6.95. The van der Waals surface area contributed by atoms with Crippen LogP contribution in [0, 0.1) is 0 Å². The van der Waals surface area contributed by atoms with Gasteiger partial charge < -0.3 is 5.32 Å². The zero-order valence-corrected chi connectivity index (χ0v) is 12.6. The molecule has 0 radical (unpaired) electrons. The highest BCUT2D eigenvalue weighted by molar-refractivity contribution is 6.29. The Balaban J connectivity index is 1.77. The normalized spacial score (nSPS) is 14.8. The molecule has 110 valence electrons. The van der Waals surface area contributed by atoms with E-state index in [0.29, 0.717) is 11.2 Å². The smallest absolute Gasteiger partial charge is 0.156 e. The summed E-state index contributed by atoms with van der Waals surface area (Å²) in [6, 6.07) is 8.07. The van der Waals surface area contributed by atoms with E-state index in [4.69, 9.17) is 16.6 Å². The predicted octanol–water partition coefficient (Wildman–Crippen LogP) is 3.70. The van der Waals surface area contributed by atoms with Crippen molar-refractivity contribution in [1.29, 1.82) is 0 Å². The molecule has 0 saturated heterocycles. The number of halogens is 1. The van der Waals surface area contributed by atoms with Gasteiger partial charge in [0.15, 0.2) is 5.82 Å². The molecule has 6 heteroatoms. The molecule has 0 aromatic carbocycles. The standard InChI is InChI=1S/C16H14ClN5/c17-14-7-4-10(8-18-14)12-5-6-13-15(22-12)16(20-9-19-13)21-11-2-1-3-11/h4-9,11H,1-3H2,(H,19,20,21). The maximum Gasteiger partial charge on any atom is 0.156 e. The van der Waals surface area contributed by atoms with Gasteiger partial charge in [-0.05, 0) is 43.5 Å². The van der Waals surface area contributed by atoms with Gasteiger partial charge in [0.05, 0.1) is 11.2 Å². The van der Waals surface area contributed by atoms with Crippen LogP contribution in [0.2, 0.25) is 5.15 Å². The molecule has 0 unspecified atom stereocenters. The molecule has 1 aliphatic rings. The average Bonchev–Trinajstić information content (AvgIpc) is 2.51. The van der Waals surface area contributed by atoms with Crippen molar-refractivity contribution in [2.75, 3.05) is 5.32 Å². The van der Waals surface area contributed by atoms with Gasteiger partial charge in [-0.1, -0.05) is 11.6 Å². The van der Waals surface area contributed by atoms with Crippen molar-refractivity contribution >= 4 is 28.5 Å². The molecule has 22 heavy (non-hydrogen) atoms. The fourth-order valence-electron chi connectivity index (χ4n) is 2.48. The van der Waals surface area contributed by atoms with Crippen LogP contribution in [-0.2, 0) is 0 Å². The lowest BCUT2D eigenvalue weighted by Gasteiger charge is -2.27. The van der Waals surface area contributed by atoms with E-state index in [9.17, 15) is 0 Å². The molecular formula is C16H14ClN5. The third-order valence-corrected chi connectivity index (χ3v) is 4.17. The van der Waals surface area contributed by atoms with Gasteiger partial charge in [-0.25, -0.2) is 19.9 Å². The summed E-state index contributed by atoms with van der Waals surface area (Å²) in [5.74, 6) is 0.804. The lowest BCUT2D eigenvalue weighted by atomic mass is 9.93. The predicted molar refractivity (Wildman–Crippen MR) is 86.8 cm³/mol. The third-order valence-electron chi connectivity index (χ3n) is 3.95. The summed E-state index contributed by atoms with van der Waals surface area (Å²) in [4.78, 5) is 17.5. The highest BCUT2D eigenvalue weighted by Gasteiger charge is 2.19. The number of hydrogen-bond donors (Lipinski definition) is 1. The highest BCUT2D eigenvalue weighted by Crippen LogP contribution is 2.27. The van der Waals surface area contributed by atoms with Crippen LogP contribution in [0.4, 0.5) is 5.82 Å². The van der Waals surface area contributed by atoms with Crippen LogP contribution in [0.3, 0.4) is 0 Å². The number of nitrogens with zero attached hydrogens (tertiary/aromatic N) is 4. The minimum Gasteiger partial charge on any atom is -0.365 e. The quantitative estimate of drug-likeness (QED) is 0.747. The first-order chi connectivity index (χ1) is 10.8. The van der Waals surface area contributed by atoms with E-state index in [-0.39, 0.29) is 0 Å². The van der Waals surface area contributed by atoms with E-state index in [0.717, 1.165) is 28.1 Å². The van der Waals surface area contributed by atoms with E-state index in [1.807, 2.05) is 18.2 Å². The number of nitrogens with one attached hydrogen (secondary N) is 1. The lowest BCUT2D eigenvalue weighted by molar-refractivity contribution is 0.444. The number of rotatable bonds is 3.